The number of ether oxygens (including phenoxy) is 1. The van der Waals surface area contributed by atoms with Crippen LogP contribution in [0.5, 0.6) is 0 Å². The maximum Gasteiger partial charge on any atom is 0.0560 e. The summed E-state index contributed by atoms with van der Waals surface area (Å²) < 4.78 is 5.20. The van der Waals surface area contributed by atoms with E-state index in [1.54, 1.807) is 0 Å². The molecule has 2 rings (SSSR count). The zero-order chi connectivity index (χ0) is 7.03. The molecule has 0 aromatic heterocycles. The second-order valence-electron chi connectivity index (χ2n) is 3.42. The Kier molecular flexibility index (Phi) is 1.44. The number of nitrogens with one attached hydrogen (secondary N) is 1. The van der Waals surface area contributed by atoms with Gasteiger partial charge in [-0.15, -0.1) is 0 Å². The van der Waals surface area contributed by atoms with E-state index in [1.165, 1.54) is 0 Å². The Balaban J connectivity index is 2.05. The molecule has 0 aliphatic carbocycles. The molecule has 2 aliphatic rings. The summed E-state index contributed by atoms with van der Waals surface area (Å²) in [5, 5.41) is 3.36. The molecule has 0 amide bonds. The van der Waals surface area contributed by atoms with E-state index in [-0.39, 0.29) is 0 Å². The van der Waals surface area contributed by atoms with Gasteiger partial charge >= 0.3 is 0 Å². The second-order valence-corrected chi connectivity index (χ2v) is 3.42. The lowest BCUT2D eigenvalue weighted by Gasteiger charge is -2.41. The molecule has 2 saturated heterocycles. The van der Waals surface area contributed by atoms with Crippen LogP contribution >= 0.6 is 0 Å². The van der Waals surface area contributed by atoms with Crippen LogP contribution in [0.15, 0.2) is 0 Å². The van der Waals surface area contributed by atoms with Crippen LogP contribution in [0.3, 0.4) is 0 Å². The van der Waals surface area contributed by atoms with E-state index in [0.717, 1.165) is 32.8 Å². The van der Waals surface area contributed by atoms with Crippen molar-refractivity contribution >= 4 is 0 Å². The van der Waals surface area contributed by atoms with Crippen molar-refractivity contribution in [1.29, 1.82) is 0 Å². The van der Waals surface area contributed by atoms with Crippen molar-refractivity contribution in [3.63, 3.8) is 0 Å². The minimum atomic E-state index is 0.425. The Morgan fingerprint density at radius 3 is 2.80 bits per heavy atom. The van der Waals surface area contributed by atoms with Crippen molar-refractivity contribution in [3.05, 3.63) is 0 Å². The summed E-state index contributed by atoms with van der Waals surface area (Å²) in [4.78, 5) is 0. The Labute approximate surface area is 60.9 Å². The van der Waals surface area contributed by atoms with Crippen molar-refractivity contribution in [2.24, 2.45) is 17.1 Å². The summed E-state index contributed by atoms with van der Waals surface area (Å²) in [6, 6.07) is 0. The normalized spacial score (nSPS) is 36.3. The monoisotopic (exact) mass is 142 g/mol. The molecule has 1 atom stereocenters. The highest BCUT2D eigenvalue weighted by Crippen LogP contribution is 2.37. The van der Waals surface area contributed by atoms with Crippen LogP contribution < -0.4 is 11.1 Å². The Hall–Kier alpha value is -0.120. The Morgan fingerprint density at radius 1 is 1.60 bits per heavy atom. The zero-order valence-corrected chi connectivity index (χ0v) is 6.10. The van der Waals surface area contributed by atoms with Gasteiger partial charge in [0.15, 0.2) is 0 Å². The van der Waals surface area contributed by atoms with Crippen LogP contribution in [0.25, 0.3) is 0 Å². The molecule has 3 heteroatoms. The molecule has 1 unspecified atom stereocenters. The van der Waals surface area contributed by atoms with Gasteiger partial charge in [-0.1, -0.05) is 0 Å². The van der Waals surface area contributed by atoms with Gasteiger partial charge in [-0.3, -0.25) is 0 Å². The quantitative estimate of drug-likeness (QED) is 0.503. The Morgan fingerprint density at radius 2 is 2.40 bits per heavy atom. The van der Waals surface area contributed by atoms with Gasteiger partial charge in [-0.25, -0.2) is 0 Å². The average molecular weight is 142 g/mol. The van der Waals surface area contributed by atoms with Crippen LogP contribution in [0, 0.1) is 11.3 Å². The van der Waals surface area contributed by atoms with Crippen molar-refractivity contribution in [1.82, 2.24) is 5.32 Å². The van der Waals surface area contributed by atoms with Crippen molar-refractivity contribution in [2.45, 2.75) is 0 Å². The molecule has 0 saturated carbocycles. The van der Waals surface area contributed by atoms with Crippen LogP contribution in [0.2, 0.25) is 0 Å². The fourth-order valence-electron chi connectivity index (χ4n) is 1.89. The lowest BCUT2D eigenvalue weighted by atomic mass is 9.76. The van der Waals surface area contributed by atoms with Gasteiger partial charge in [0.05, 0.1) is 13.2 Å². The molecule has 2 fully saturated rings. The standard InChI is InChI=1S/C7H14N2O/c8-1-6-2-9-3-7(6)4-10-5-7/h6,9H,1-5,8H2. The number of hydrogen-bond acceptors (Lipinski definition) is 3. The van der Waals surface area contributed by atoms with Gasteiger partial charge in [0.2, 0.25) is 0 Å². The van der Waals surface area contributed by atoms with Crippen LogP contribution in [-0.4, -0.2) is 32.8 Å². The van der Waals surface area contributed by atoms with Gasteiger partial charge in [0.25, 0.3) is 0 Å². The first-order valence-corrected chi connectivity index (χ1v) is 3.86. The van der Waals surface area contributed by atoms with Crippen LogP contribution in [0.1, 0.15) is 0 Å². The van der Waals surface area contributed by atoms with Gasteiger partial charge < -0.3 is 15.8 Å². The molecule has 0 radical (unpaired) electrons. The molecule has 3 nitrogen and oxygen atoms in total. The van der Waals surface area contributed by atoms with Crippen molar-refractivity contribution in [3.8, 4) is 0 Å². The topological polar surface area (TPSA) is 47.3 Å². The molecule has 0 aromatic carbocycles. The summed E-state index contributed by atoms with van der Waals surface area (Å²) >= 11 is 0. The highest BCUT2D eigenvalue weighted by molar-refractivity contribution is 4.99. The predicted molar refractivity (Wildman–Crippen MR) is 38.7 cm³/mol. The summed E-state index contributed by atoms with van der Waals surface area (Å²) in [6.45, 7) is 4.83. The minimum absolute atomic E-state index is 0.425. The van der Waals surface area contributed by atoms with E-state index < -0.39 is 0 Å². The third-order valence-corrected chi connectivity index (χ3v) is 2.80. The van der Waals surface area contributed by atoms with E-state index in [9.17, 15) is 0 Å². The molecular weight excluding hydrogens is 128 g/mol. The number of nitrogens with two attached hydrogens (primary N) is 1. The first-order chi connectivity index (χ1) is 4.87. The smallest absolute Gasteiger partial charge is 0.0560 e. The lowest BCUT2D eigenvalue weighted by molar-refractivity contribution is -0.122. The highest BCUT2D eigenvalue weighted by Gasteiger charge is 2.47. The molecular formula is C7H14N2O. The van der Waals surface area contributed by atoms with Crippen molar-refractivity contribution < 1.29 is 4.74 Å². The third kappa shape index (κ3) is 0.713. The average Bonchev–Trinajstić information content (AvgIpc) is 2.27. The summed E-state index contributed by atoms with van der Waals surface area (Å²) in [5.74, 6) is 0.654. The molecule has 2 heterocycles. The summed E-state index contributed by atoms with van der Waals surface area (Å²) in [6.07, 6.45) is 0. The molecule has 58 valence electrons. The molecule has 0 aromatic rings. The SMILES string of the molecule is NCC1CNCC12COC2. The van der Waals surface area contributed by atoms with Gasteiger partial charge in [-0.2, -0.15) is 0 Å². The Bertz CT molecular complexity index is 134. The van der Waals surface area contributed by atoms with E-state index in [4.69, 9.17) is 10.5 Å². The largest absolute Gasteiger partial charge is 0.380 e. The molecule has 10 heavy (non-hydrogen) atoms. The highest BCUT2D eigenvalue weighted by atomic mass is 16.5. The fourth-order valence-corrected chi connectivity index (χ4v) is 1.89. The van der Waals surface area contributed by atoms with Crippen molar-refractivity contribution in [2.75, 3.05) is 32.8 Å². The molecule has 1 spiro atoms. The first kappa shape index (κ1) is 6.58. The van der Waals surface area contributed by atoms with Crippen LogP contribution in [-0.2, 0) is 4.74 Å². The fraction of sp³-hybridized carbons (Fsp3) is 1.00. The maximum absolute atomic E-state index is 5.62. The van der Waals surface area contributed by atoms with E-state index >= 15 is 0 Å². The molecule has 3 N–H and O–H groups in total. The lowest BCUT2D eigenvalue weighted by Crippen LogP contribution is -2.50. The predicted octanol–water partition coefficient (Wildman–Crippen LogP) is -0.819. The summed E-state index contributed by atoms with van der Waals surface area (Å²) in [5.41, 5.74) is 6.05. The third-order valence-electron chi connectivity index (χ3n) is 2.80. The second kappa shape index (κ2) is 2.19. The maximum atomic E-state index is 5.62. The summed E-state index contributed by atoms with van der Waals surface area (Å²) in [7, 11) is 0. The van der Waals surface area contributed by atoms with Gasteiger partial charge in [-0.05, 0) is 19.0 Å². The van der Waals surface area contributed by atoms with E-state index in [2.05, 4.69) is 5.32 Å². The van der Waals surface area contributed by atoms with Gasteiger partial charge in [0.1, 0.15) is 0 Å². The van der Waals surface area contributed by atoms with Gasteiger partial charge in [0, 0.05) is 12.0 Å². The number of hydrogen-bond donors (Lipinski definition) is 2. The zero-order valence-electron chi connectivity index (χ0n) is 6.10. The molecule has 0 bridgehead atoms. The van der Waals surface area contributed by atoms with Crippen LogP contribution in [0.4, 0.5) is 0 Å². The van der Waals surface area contributed by atoms with E-state index in [0.29, 0.717) is 11.3 Å². The first-order valence-electron chi connectivity index (χ1n) is 3.86. The molecule has 2 aliphatic heterocycles. The number of rotatable bonds is 1. The minimum Gasteiger partial charge on any atom is -0.380 e. The van der Waals surface area contributed by atoms with E-state index in [1.807, 2.05) is 0 Å².